The summed E-state index contributed by atoms with van der Waals surface area (Å²) in [6.07, 6.45) is 5.63. The highest BCUT2D eigenvalue weighted by Gasteiger charge is 2.32. The van der Waals surface area contributed by atoms with Gasteiger partial charge in [-0.2, -0.15) is 0 Å². The number of aromatic nitrogens is 1. The predicted octanol–water partition coefficient (Wildman–Crippen LogP) is 6.47. The molecule has 1 aromatic heterocycles. The Balaban J connectivity index is 1.58. The van der Waals surface area contributed by atoms with E-state index in [-0.39, 0.29) is 11.9 Å². The summed E-state index contributed by atoms with van der Waals surface area (Å²) < 4.78 is 23.0. The van der Waals surface area contributed by atoms with Gasteiger partial charge >= 0.3 is 0 Å². The molecule has 4 heteroatoms. The molecule has 0 unspecified atom stereocenters. The lowest BCUT2D eigenvalue weighted by Gasteiger charge is -2.31. The Bertz CT molecular complexity index is 1320. The van der Waals surface area contributed by atoms with Crippen molar-refractivity contribution in [3.8, 4) is 11.5 Å². The number of para-hydroxylation sites is 1. The molecule has 0 spiro atoms. The third-order valence-electron chi connectivity index (χ3n) is 7.27. The quantitative estimate of drug-likeness (QED) is 0.329. The van der Waals surface area contributed by atoms with Crippen LogP contribution in [0.15, 0.2) is 66.9 Å². The van der Waals surface area contributed by atoms with Crippen LogP contribution in [0.3, 0.4) is 0 Å². The van der Waals surface area contributed by atoms with Crippen molar-refractivity contribution in [3.63, 3.8) is 0 Å². The first kappa shape index (κ1) is 19.6. The van der Waals surface area contributed by atoms with Gasteiger partial charge in [-0.3, -0.25) is 0 Å². The van der Waals surface area contributed by atoms with Gasteiger partial charge in [0.2, 0.25) is 0 Å². The van der Waals surface area contributed by atoms with Crippen LogP contribution in [0.25, 0.3) is 10.9 Å². The van der Waals surface area contributed by atoms with Crippen molar-refractivity contribution >= 4 is 10.9 Å². The zero-order valence-electron chi connectivity index (χ0n) is 18.5. The van der Waals surface area contributed by atoms with Gasteiger partial charge in [0.25, 0.3) is 0 Å². The van der Waals surface area contributed by atoms with Crippen LogP contribution < -0.4 is 4.74 Å². The van der Waals surface area contributed by atoms with Crippen molar-refractivity contribution in [2.45, 2.75) is 38.3 Å². The topological polar surface area (TPSA) is 17.4 Å². The summed E-state index contributed by atoms with van der Waals surface area (Å²) in [5.41, 5.74) is 5.80. The van der Waals surface area contributed by atoms with Crippen molar-refractivity contribution in [2.24, 2.45) is 0 Å². The minimum Gasteiger partial charge on any atom is -0.457 e. The zero-order valence-corrected chi connectivity index (χ0v) is 18.5. The lowest BCUT2D eigenvalue weighted by atomic mass is 9.91. The second-order valence-corrected chi connectivity index (χ2v) is 9.23. The molecule has 4 aromatic rings. The fourth-order valence-corrected chi connectivity index (χ4v) is 5.62. The molecule has 32 heavy (non-hydrogen) atoms. The second kappa shape index (κ2) is 7.49. The van der Waals surface area contributed by atoms with E-state index in [2.05, 4.69) is 47.8 Å². The molecule has 2 aliphatic heterocycles. The zero-order chi connectivity index (χ0) is 21.8. The number of fused-ring (bicyclic) bond motifs is 3. The molecule has 1 saturated heterocycles. The van der Waals surface area contributed by atoms with Gasteiger partial charge in [0, 0.05) is 34.3 Å². The van der Waals surface area contributed by atoms with Crippen LogP contribution in [0.1, 0.15) is 41.1 Å². The Hall–Kier alpha value is -3.11. The fraction of sp³-hybridized carbons (Fsp3) is 0.286. The number of aryl methyl sites for hydroxylation is 1. The van der Waals surface area contributed by atoms with E-state index < -0.39 is 0 Å². The van der Waals surface area contributed by atoms with Crippen molar-refractivity contribution in [2.75, 3.05) is 13.6 Å². The first-order valence-electron chi connectivity index (χ1n) is 11.5. The lowest BCUT2D eigenvalue weighted by molar-refractivity contribution is 0.309. The van der Waals surface area contributed by atoms with Gasteiger partial charge in [-0.05, 0) is 81.2 Å². The van der Waals surface area contributed by atoms with Crippen LogP contribution in [-0.4, -0.2) is 29.1 Å². The Labute approximate surface area is 188 Å². The molecule has 0 saturated carbocycles. The average Bonchev–Trinajstić information content (AvgIpc) is 3.35. The minimum absolute atomic E-state index is 0.0147. The first-order valence-corrected chi connectivity index (χ1v) is 11.5. The molecule has 0 amide bonds. The molecule has 2 atom stereocenters. The lowest BCUT2D eigenvalue weighted by Crippen LogP contribution is -2.26. The van der Waals surface area contributed by atoms with Gasteiger partial charge < -0.3 is 14.2 Å². The number of ether oxygens (including phenoxy) is 1. The standard InChI is InChI=1S/C28H27FN2O/c1-18-7-5-11-26-27(18)28(22-9-3-4-10-25(22)32-26)31-17-19(15-21-8-6-14-30(21)2)23-16-20(29)12-13-24(23)31/h3-5,7,9-13,16-17,21,28H,6,8,14-15H2,1-2H3/t21-,28+/m0/s1. The Morgan fingerprint density at radius 1 is 1.03 bits per heavy atom. The van der Waals surface area contributed by atoms with Crippen LogP contribution in [0, 0.1) is 12.7 Å². The Kier molecular flexibility index (Phi) is 4.58. The number of hydrogen-bond acceptors (Lipinski definition) is 2. The Morgan fingerprint density at radius 3 is 2.72 bits per heavy atom. The van der Waals surface area contributed by atoms with Crippen LogP contribution in [0.4, 0.5) is 4.39 Å². The third-order valence-corrected chi connectivity index (χ3v) is 7.27. The maximum Gasteiger partial charge on any atom is 0.133 e. The molecule has 3 heterocycles. The van der Waals surface area contributed by atoms with E-state index in [0.717, 1.165) is 40.9 Å². The van der Waals surface area contributed by atoms with E-state index in [1.165, 1.54) is 29.5 Å². The SMILES string of the molecule is Cc1cccc2c1[C@H](n1cc(C[C@@H]3CCCN3C)c3cc(F)ccc31)c1ccccc1O2. The van der Waals surface area contributed by atoms with E-state index >= 15 is 0 Å². The van der Waals surface area contributed by atoms with E-state index in [9.17, 15) is 4.39 Å². The van der Waals surface area contributed by atoms with Gasteiger partial charge in [-0.25, -0.2) is 4.39 Å². The van der Waals surface area contributed by atoms with Gasteiger partial charge in [-0.1, -0.05) is 30.3 Å². The van der Waals surface area contributed by atoms with E-state index in [1.54, 1.807) is 12.1 Å². The molecule has 0 N–H and O–H groups in total. The summed E-state index contributed by atoms with van der Waals surface area (Å²) in [5.74, 6) is 1.60. The van der Waals surface area contributed by atoms with Crippen LogP contribution in [0.5, 0.6) is 11.5 Å². The normalized spacial score (nSPS) is 20.2. The molecule has 1 fully saturated rings. The largest absolute Gasteiger partial charge is 0.457 e. The highest BCUT2D eigenvalue weighted by Crippen LogP contribution is 2.47. The van der Waals surface area contributed by atoms with E-state index in [0.29, 0.717) is 6.04 Å². The monoisotopic (exact) mass is 426 g/mol. The van der Waals surface area contributed by atoms with E-state index in [1.807, 2.05) is 30.3 Å². The molecule has 3 aromatic carbocycles. The number of hydrogen-bond donors (Lipinski definition) is 0. The Morgan fingerprint density at radius 2 is 1.88 bits per heavy atom. The summed E-state index contributed by atoms with van der Waals surface area (Å²) in [6, 6.07) is 20.2. The summed E-state index contributed by atoms with van der Waals surface area (Å²) in [7, 11) is 2.20. The number of benzene rings is 3. The number of likely N-dealkylation sites (tertiary alicyclic amines) is 1. The molecular weight excluding hydrogens is 399 g/mol. The summed E-state index contributed by atoms with van der Waals surface area (Å²) in [5, 5.41) is 1.02. The van der Waals surface area contributed by atoms with Crippen molar-refractivity contribution in [1.82, 2.24) is 9.47 Å². The molecular formula is C28H27FN2O. The molecule has 0 bridgehead atoms. The summed E-state index contributed by atoms with van der Waals surface area (Å²) >= 11 is 0. The molecule has 2 aliphatic rings. The van der Waals surface area contributed by atoms with Crippen LogP contribution in [-0.2, 0) is 6.42 Å². The van der Waals surface area contributed by atoms with Crippen molar-refractivity contribution in [1.29, 1.82) is 0 Å². The number of halogens is 1. The van der Waals surface area contributed by atoms with Gasteiger partial charge in [-0.15, -0.1) is 0 Å². The number of rotatable bonds is 3. The highest BCUT2D eigenvalue weighted by atomic mass is 19.1. The van der Waals surface area contributed by atoms with Crippen LogP contribution >= 0.6 is 0 Å². The highest BCUT2D eigenvalue weighted by molar-refractivity contribution is 5.85. The smallest absolute Gasteiger partial charge is 0.133 e. The minimum atomic E-state index is -0.180. The van der Waals surface area contributed by atoms with Gasteiger partial charge in [0.1, 0.15) is 17.3 Å². The second-order valence-electron chi connectivity index (χ2n) is 9.23. The average molecular weight is 427 g/mol. The van der Waals surface area contributed by atoms with Crippen molar-refractivity contribution in [3.05, 3.63) is 94.9 Å². The molecule has 0 aliphatic carbocycles. The maximum atomic E-state index is 14.4. The molecule has 162 valence electrons. The van der Waals surface area contributed by atoms with Crippen LogP contribution in [0.2, 0.25) is 0 Å². The summed E-state index contributed by atoms with van der Waals surface area (Å²) in [6.45, 7) is 3.28. The maximum absolute atomic E-state index is 14.4. The fourth-order valence-electron chi connectivity index (χ4n) is 5.62. The summed E-state index contributed by atoms with van der Waals surface area (Å²) in [4.78, 5) is 2.44. The molecule has 6 rings (SSSR count). The first-order chi connectivity index (χ1) is 15.6. The molecule has 3 nitrogen and oxygen atoms in total. The number of likely N-dealkylation sites (N-methyl/N-ethyl adjacent to an activating group) is 1. The van der Waals surface area contributed by atoms with E-state index in [4.69, 9.17) is 4.74 Å². The third kappa shape index (κ3) is 3.05. The number of nitrogens with zero attached hydrogens (tertiary/aromatic N) is 2. The molecule has 0 radical (unpaired) electrons. The van der Waals surface area contributed by atoms with Gasteiger partial charge in [0.15, 0.2) is 0 Å². The van der Waals surface area contributed by atoms with Gasteiger partial charge in [0.05, 0.1) is 6.04 Å². The van der Waals surface area contributed by atoms with Crippen molar-refractivity contribution < 1.29 is 9.13 Å². The predicted molar refractivity (Wildman–Crippen MR) is 126 cm³/mol.